The molecule has 10 heteroatoms. The van der Waals surface area contributed by atoms with Crippen molar-refractivity contribution in [2.45, 2.75) is 37.2 Å². The van der Waals surface area contributed by atoms with E-state index in [1.54, 1.807) is 6.07 Å². The zero-order valence-corrected chi connectivity index (χ0v) is 14.4. The van der Waals surface area contributed by atoms with Crippen molar-refractivity contribution in [1.82, 2.24) is 10.3 Å². The van der Waals surface area contributed by atoms with E-state index in [1.165, 1.54) is 23.2 Å². The van der Waals surface area contributed by atoms with E-state index in [2.05, 4.69) is 15.0 Å². The van der Waals surface area contributed by atoms with Gasteiger partial charge in [0.1, 0.15) is 0 Å². The molecule has 3 atom stereocenters. The van der Waals surface area contributed by atoms with Gasteiger partial charge in [0, 0.05) is 0 Å². The van der Waals surface area contributed by atoms with Crippen molar-refractivity contribution in [2.75, 3.05) is 11.4 Å². The summed E-state index contributed by atoms with van der Waals surface area (Å²) in [5, 5.41) is 3.39. The number of ether oxygens (including phenoxy) is 1. The summed E-state index contributed by atoms with van der Waals surface area (Å²) in [6.07, 6.45) is -4.63. The largest absolute Gasteiger partial charge is 0.490 e. The van der Waals surface area contributed by atoms with Crippen LogP contribution in [0.4, 0.5) is 18.3 Å². The van der Waals surface area contributed by atoms with Crippen molar-refractivity contribution >= 4 is 38.6 Å². The molecule has 3 heterocycles. The van der Waals surface area contributed by atoms with Gasteiger partial charge in [-0.1, -0.05) is 23.5 Å². The Kier molecular flexibility index (Phi) is 3.74. The Morgan fingerprint density at radius 1 is 1.42 bits per heavy atom. The molecule has 1 amide bonds. The van der Waals surface area contributed by atoms with E-state index in [9.17, 15) is 22.8 Å². The molecule has 1 aromatic heterocycles. The molecule has 1 aromatic carbocycles. The van der Waals surface area contributed by atoms with Gasteiger partial charge in [0.25, 0.3) is 5.91 Å². The lowest BCUT2D eigenvalue weighted by Gasteiger charge is -2.28. The Hall–Kier alpha value is -2.20. The van der Waals surface area contributed by atoms with E-state index < -0.39 is 35.7 Å². The van der Waals surface area contributed by atoms with Crippen molar-refractivity contribution < 1.29 is 27.5 Å². The topological polar surface area (TPSA) is 71.5 Å². The fourth-order valence-corrected chi connectivity index (χ4v) is 4.62. The van der Waals surface area contributed by atoms with Crippen LogP contribution in [0.3, 0.4) is 0 Å². The van der Waals surface area contributed by atoms with Crippen LogP contribution in [0, 0.1) is 0 Å². The fourth-order valence-electron chi connectivity index (χ4n) is 3.60. The van der Waals surface area contributed by atoms with E-state index in [-0.39, 0.29) is 0 Å². The molecule has 0 unspecified atom stereocenters. The van der Waals surface area contributed by atoms with Gasteiger partial charge in [-0.3, -0.25) is 9.69 Å². The second kappa shape index (κ2) is 5.65. The van der Waals surface area contributed by atoms with Gasteiger partial charge in [-0.25, -0.2) is 9.78 Å². The molecule has 0 bridgehead atoms. The Morgan fingerprint density at radius 2 is 2.15 bits per heavy atom. The standard InChI is InChI=1S/C16H14F3N3O3S/c1-15(25-13(24)16(17,18)19)11-9(6-7-20-11)22(12(15)23)14-21-8-4-2-3-5-10(8)26-14/h2-5,9,11,20H,6-7H2,1H3/t9-,11-,15-/m0/s1. The maximum absolute atomic E-state index is 13.0. The van der Waals surface area contributed by atoms with Crippen LogP contribution in [0.5, 0.6) is 0 Å². The SMILES string of the molecule is C[C@@]1(OC(=O)C(F)(F)F)C(=O)N(c2nc3ccccc3s2)[C@H]2CCN[C@@H]21. The van der Waals surface area contributed by atoms with Crippen LogP contribution >= 0.6 is 11.3 Å². The number of rotatable bonds is 2. The summed E-state index contributed by atoms with van der Waals surface area (Å²) in [6.45, 7) is 1.73. The second-order valence-electron chi connectivity index (χ2n) is 6.42. The van der Waals surface area contributed by atoms with E-state index in [0.717, 1.165) is 4.70 Å². The third-order valence-electron chi connectivity index (χ3n) is 4.78. The molecule has 2 aliphatic rings. The zero-order chi connectivity index (χ0) is 18.7. The lowest BCUT2D eigenvalue weighted by molar-refractivity contribution is -0.213. The average Bonchev–Trinajstić information content (AvgIpc) is 3.24. The van der Waals surface area contributed by atoms with Gasteiger partial charge in [-0.15, -0.1) is 0 Å². The highest BCUT2D eigenvalue weighted by atomic mass is 32.1. The predicted octanol–water partition coefficient (Wildman–Crippen LogP) is 2.24. The van der Waals surface area contributed by atoms with Gasteiger partial charge in [-0.05, 0) is 32.0 Å². The summed E-state index contributed by atoms with van der Waals surface area (Å²) >= 11 is 1.28. The van der Waals surface area contributed by atoms with Crippen LogP contribution in [-0.4, -0.2) is 47.3 Å². The van der Waals surface area contributed by atoms with Crippen LogP contribution in [0.2, 0.25) is 0 Å². The van der Waals surface area contributed by atoms with Crippen molar-refractivity contribution in [1.29, 1.82) is 0 Å². The Morgan fingerprint density at radius 3 is 2.85 bits per heavy atom. The number of aromatic nitrogens is 1. The van der Waals surface area contributed by atoms with Crippen LogP contribution < -0.4 is 10.2 Å². The lowest BCUT2D eigenvalue weighted by atomic mass is 9.96. The molecule has 2 fully saturated rings. The molecule has 138 valence electrons. The smallest absolute Gasteiger partial charge is 0.441 e. The van der Waals surface area contributed by atoms with E-state index >= 15 is 0 Å². The molecule has 2 aliphatic heterocycles. The van der Waals surface area contributed by atoms with Crippen LogP contribution in [0.1, 0.15) is 13.3 Å². The van der Waals surface area contributed by atoms with Crippen molar-refractivity contribution in [3.63, 3.8) is 0 Å². The number of nitrogens with zero attached hydrogens (tertiary/aromatic N) is 2. The molecule has 0 aliphatic carbocycles. The molecule has 0 radical (unpaired) electrons. The minimum atomic E-state index is -5.17. The highest BCUT2D eigenvalue weighted by Crippen LogP contribution is 2.42. The zero-order valence-electron chi connectivity index (χ0n) is 13.5. The number of hydrogen-bond acceptors (Lipinski definition) is 6. The first kappa shape index (κ1) is 17.2. The second-order valence-corrected chi connectivity index (χ2v) is 7.43. The van der Waals surface area contributed by atoms with Gasteiger partial charge >= 0.3 is 12.1 Å². The van der Waals surface area contributed by atoms with Gasteiger partial charge < -0.3 is 10.1 Å². The number of para-hydroxylation sites is 1. The summed E-state index contributed by atoms with van der Waals surface area (Å²) in [6, 6.07) is 6.15. The number of esters is 1. The van der Waals surface area contributed by atoms with E-state index in [4.69, 9.17) is 0 Å². The Balaban J connectivity index is 1.73. The highest BCUT2D eigenvalue weighted by molar-refractivity contribution is 7.22. The number of fused-ring (bicyclic) bond motifs is 2. The maximum Gasteiger partial charge on any atom is 0.490 e. The fraction of sp³-hybridized carbons (Fsp3) is 0.438. The number of thiazole rings is 1. The lowest BCUT2D eigenvalue weighted by Crippen LogP contribution is -2.53. The summed E-state index contributed by atoms with van der Waals surface area (Å²) < 4.78 is 43.6. The average molecular weight is 385 g/mol. The Bertz CT molecular complexity index is 866. The van der Waals surface area contributed by atoms with Gasteiger partial charge in [0.05, 0.1) is 22.3 Å². The number of hydrogen-bond donors (Lipinski definition) is 1. The molecule has 2 aromatic rings. The normalized spacial score (nSPS) is 28.6. The number of benzene rings is 1. The number of anilines is 1. The van der Waals surface area contributed by atoms with Crippen LogP contribution in [0.15, 0.2) is 24.3 Å². The number of halogens is 3. The highest BCUT2D eigenvalue weighted by Gasteiger charge is 2.63. The molecule has 26 heavy (non-hydrogen) atoms. The molecule has 4 rings (SSSR count). The van der Waals surface area contributed by atoms with Crippen LogP contribution in [0.25, 0.3) is 10.2 Å². The van der Waals surface area contributed by atoms with Gasteiger partial charge in [0.2, 0.25) is 5.60 Å². The van der Waals surface area contributed by atoms with E-state index in [0.29, 0.717) is 23.6 Å². The number of amides is 1. The van der Waals surface area contributed by atoms with Crippen LogP contribution in [-0.2, 0) is 14.3 Å². The quantitative estimate of drug-likeness (QED) is 0.803. The number of alkyl halides is 3. The molecular formula is C16H14F3N3O3S. The molecule has 6 nitrogen and oxygen atoms in total. The minimum Gasteiger partial charge on any atom is -0.441 e. The predicted molar refractivity (Wildman–Crippen MR) is 87.9 cm³/mol. The number of carbonyl (C=O) groups is 2. The first-order valence-electron chi connectivity index (χ1n) is 7.94. The summed E-state index contributed by atoms with van der Waals surface area (Å²) in [4.78, 5) is 30.2. The Labute approximate surface area is 149 Å². The number of nitrogens with one attached hydrogen (secondary N) is 1. The monoisotopic (exact) mass is 385 g/mol. The first-order chi connectivity index (χ1) is 12.2. The van der Waals surface area contributed by atoms with E-state index in [1.807, 2.05) is 18.2 Å². The molecule has 0 spiro atoms. The van der Waals surface area contributed by atoms with Crippen molar-refractivity contribution in [2.24, 2.45) is 0 Å². The molecular weight excluding hydrogens is 371 g/mol. The van der Waals surface area contributed by atoms with Crippen molar-refractivity contribution in [3.05, 3.63) is 24.3 Å². The summed E-state index contributed by atoms with van der Waals surface area (Å²) in [7, 11) is 0. The summed E-state index contributed by atoms with van der Waals surface area (Å²) in [5.41, 5.74) is -1.24. The summed E-state index contributed by atoms with van der Waals surface area (Å²) in [5.74, 6) is -3.07. The third kappa shape index (κ3) is 2.47. The van der Waals surface area contributed by atoms with Gasteiger partial charge in [-0.2, -0.15) is 13.2 Å². The number of carbonyl (C=O) groups excluding carboxylic acids is 2. The molecule has 1 N–H and O–H groups in total. The molecule has 0 saturated carbocycles. The molecule has 2 saturated heterocycles. The minimum absolute atomic E-state index is 0.390. The maximum atomic E-state index is 13.0. The van der Waals surface area contributed by atoms with Crippen molar-refractivity contribution in [3.8, 4) is 0 Å². The first-order valence-corrected chi connectivity index (χ1v) is 8.76. The van der Waals surface area contributed by atoms with Gasteiger partial charge in [0.15, 0.2) is 5.13 Å². The third-order valence-corrected chi connectivity index (χ3v) is 5.82.